The Kier molecular flexibility index (Phi) is 49.5. The van der Waals surface area contributed by atoms with Crippen molar-refractivity contribution in [2.45, 2.75) is 388 Å². The molecule has 0 saturated carbocycles. The lowest BCUT2D eigenvalue weighted by atomic mass is 9.96. The van der Waals surface area contributed by atoms with Gasteiger partial charge in [0, 0.05) is 6.42 Å². The average Bonchev–Trinajstić information content (AvgIpc) is 0.876. The minimum atomic E-state index is -1.98. The van der Waals surface area contributed by atoms with Crippen LogP contribution in [0.2, 0.25) is 0 Å². The predicted octanol–water partition coefficient (Wildman–Crippen LogP) is 10.4. The molecule has 12 N–H and O–H groups in total. The maximum absolute atomic E-state index is 13.4. The number of carbonyl (C=O) groups excluding carboxylic acids is 1. The highest BCUT2D eigenvalue weighted by Crippen LogP contribution is 2.33. The van der Waals surface area contributed by atoms with E-state index in [2.05, 4.69) is 43.5 Å². The number of aliphatic hydroxyl groups is 11. The van der Waals surface area contributed by atoms with E-state index in [1.54, 1.807) is 6.08 Å². The van der Waals surface area contributed by atoms with Crippen LogP contribution >= 0.6 is 0 Å². The number of hydrogen-bond acceptors (Lipinski definition) is 18. The third-order valence-electron chi connectivity index (χ3n) is 18.4. The Bertz CT molecular complexity index is 1790. The quantitative estimate of drug-likeness (QED) is 0.0199. The lowest BCUT2D eigenvalue weighted by Crippen LogP contribution is -2.66. The molecule has 1 amide bonds. The van der Waals surface area contributed by atoms with Crippen molar-refractivity contribution < 1.29 is 89.4 Å². The van der Waals surface area contributed by atoms with Gasteiger partial charge in [0.05, 0.1) is 38.6 Å². The van der Waals surface area contributed by atoms with Crippen LogP contribution in [0.1, 0.15) is 284 Å². The third kappa shape index (κ3) is 35.7. The molecule has 17 atom stereocenters. The molecular weight excluding hydrogens is 1170 g/mol. The van der Waals surface area contributed by atoms with Gasteiger partial charge in [-0.25, -0.2) is 0 Å². The first-order valence-electron chi connectivity index (χ1n) is 36.7. The van der Waals surface area contributed by atoms with Crippen molar-refractivity contribution in [1.29, 1.82) is 0 Å². The van der Waals surface area contributed by atoms with Crippen LogP contribution in [0.5, 0.6) is 0 Å². The number of carbonyl (C=O) groups is 1. The van der Waals surface area contributed by atoms with Crippen molar-refractivity contribution in [2.75, 3.05) is 26.4 Å². The van der Waals surface area contributed by atoms with Crippen LogP contribution in [0.25, 0.3) is 0 Å². The standard InChI is InChI=1S/C72H133NO18/c1-3-5-7-9-11-13-15-17-19-20-21-22-23-24-25-26-27-28-29-30-31-32-33-34-36-38-40-42-44-46-48-50-60(78)73-55(56(77)49-47-45-43-41-39-37-35-18-16-14-12-10-8-6-4-2)54-86-70-66(84)63(81)68(58(52-75)88-70)91-72-67(85)64(82)69(59(53-76)89-72)90-71-65(83)62(80)61(79)57(51-74)87-71/h15,17,20-21,47,49,55-59,61-72,74-77,79-85H,3-14,16,18-19,22-46,48,50-54H2,1-2H3,(H,73,78)/b17-15-,21-20-,49-47+. The Balaban J connectivity index is 1.37. The van der Waals surface area contributed by atoms with Crippen LogP contribution in [0, 0.1) is 0 Å². The third-order valence-corrected chi connectivity index (χ3v) is 18.4. The van der Waals surface area contributed by atoms with E-state index >= 15 is 0 Å². The van der Waals surface area contributed by atoms with Crippen LogP contribution in [0.15, 0.2) is 36.5 Å². The van der Waals surface area contributed by atoms with Crippen molar-refractivity contribution in [3.8, 4) is 0 Å². The van der Waals surface area contributed by atoms with Crippen molar-refractivity contribution in [3.63, 3.8) is 0 Å². The van der Waals surface area contributed by atoms with Crippen molar-refractivity contribution in [3.05, 3.63) is 36.5 Å². The summed E-state index contributed by atoms with van der Waals surface area (Å²) in [6.45, 7) is 1.74. The second kappa shape index (κ2) is 54.1. The van der Waals surface area contributed by atoms with E-state index in [0.717, 1.165) is 51.4 Å². The Morgan fingerprint density at radius 2 is 0.725 bits per heavy atom. The molecule has 3 aliphatic rings. The van der Waals surface area contributed by atoms with Gasteiger partial charge in [-0.05, 0) is 51.4 Å². The highest BCUT2D eigenvalue weighted by Gasteiger charge is 2.53. The molecule has 3 aliphatic heterocycles. The summed E-state index contributed by atoms with van der Waals surface area (Å²) >= 11 is 0. The van der Waals surface area contributed by atoms with Crippen LogP contribution in [-0.4, -0.2) is 193 Å². The number of ether oxygens (including phenoxy) is 6. The first-order chi connectivity index (χ1) is 44.3. The number of allylic oxidation sites excluding steroid dienone is 5. The van der Waals surface area contributed by atoms with Gasteiger partial charge in [-0.1, -0.05) is 262 Å². The van der Waals surface area contributed by atoms with Gasteiger partial charge in [0.2, 0.25) is 5.91 Å². The number of aliphatic hydroxyl groups excluding tert-OH is 11. The zero-order valence-corrected chi connectivity index (χ0v) is 56.6. The van der Waals surface area contributed by atoms with Crippen LogP contribution in [-0.2, 0) is 33.2 Å². The summed E-state index contributed by atoms with van der Waals surface area (Å²) in [6.07, 6.45) is 37.0. The van der Waals surface area contributed by atoms with Crippen molar-refractivity contribution in [1.82, 2.24) is 5.32 Å². The Morgan fingerprint density at radius 3 is 1.12 bits per heavy atom. The van der Waals surface area contributed by atoms with Gasteiger partial charge in [-0.2, -0.15) is 0 Å². The minimum Gasteiger partial charge on any atom is -0.394 e. The molecular formula is C72H133NO18. The number of amides is 1. The summed E-state index contributed by atoms with van der Waals surface area (Å²) in [5.74, 6) is -0.272. The Morgan fingerprint density at radius 1 is 0.396 bits per heavy atom. The summed E-state index contributed by atoms with van der Waals surface area (Å²) in [5, 5.41) is 121. The van der Waals surface area contributed by atoms with Crippen molar-refractivity contribution >= 4 is 5.91 Å². The molecule has 534 valence electrons. The minimum absolute atomic E-state index is 0.246. The average molecular weight is 1300 g/mol. The molecule has 0 radical (unpaired) electrons. The molecule has 19 nitrogen and oxygen atoms in total. The highest BCUT2D eigenvalue weighted by molar-refractivity contribution is 5.76. The first-order valence-corrected chi connectivity index (χ1v) is 36.7. The van der Waals surface area contributed by atoms with Crippen LogP contribution in [0.3, 0.4) is 0 Å². The summed E-state index contributed by atoms with van der Waals surface area (Å²) in [7, 11) is 0. The fourth-order valence-corrected chi connectivity index (χ4v) is 12.5. The second-order valence-electron chi connectivity index (χ2n) is 26.4. The molecule has 0 aromatic rings. The summed E-state index contributed by atoms with van der Waals surface area (Å²) in [4.78, 5) is 13.4. The molecule has 3 rings (SSSR count). The van der Waals surface area contributed by atoms with E-state index in [1.807, 2.05) is 6.08 Å². The maximum Gasteiger partial charge on any atom is 0.220 e. The van der Waals surface area contributed by atoms with Gasteiger partial charge in [0.15, 0.2) is 18.9 Å². The van der Waals surface area contributed by atoms with Gasteiger partial charge < -0.3 is 89.9 Å². The smallest absolute Gasteiger partial charge is 0.220 e. The molecule has 91 heavy (non-hydrogen) atoms. The highest BCUT2D eigenvalue weighted by atomic mass is 16.8. The number of unbranched alkanes of at least 4 members (excludes halogenated alkanes) is 37. The van der Waals surface area contributed by atoms with E-state index in [1.165, 1.54) is 205 Å². The first kappa shape index (κ1) is 83.2. The van der Waals surface area contributed by atoms with Crippen molar-refractivity contribution in [2.24, 2.45) is 0 Å². The maximum atomic E-state index is 13.4. The van der Waals surface area contributed by atoms with Crippen LogP contribution in [0.4, 0.5) is 0 Å². The van der Waals surface area contributed by atoms with Gasteiger partial charge in [0.25, 0.3) is 0 Å². The molecule has 17 unspecified atom stereocenters. The normalized spacial score (nSPS) is 28.0. The van der Waals surface area contributed by atoms with E-state index < -0.39 is 124 Å². The molecule has 3 saturated heterocycles. The van der Waals surface area contributed by atoms with Gasteiger partial charge in [-0.15, -0.1) is 0 Å². The zero-order valence-electron chi connectivity index (χ0n) is 56.6. The van der Waals surface area contributed by atoms with E-state index in [9.17, 15) is 61.0 Å². The number of rotatable bonds is 57. The van der Waals surface area contributed by atoms with Gasteiger partial charge in [-0.3, -0.25) is 4.79 Å². The van der Waals surface area contributed by atoms with Gasteiger partial charge in [0.1, 0.15) is 73.2 Å². The zero-order chi connectivity index (χ0) is 66.1. The SMILES string of the molecule is CCCCCCC/C=C\C/C=C\CCCCCCCCCCCCCCCCCCCCCC(=O)NC(COC1OC(CO)C(OC2OC(CO)C(OC3OC(CO)C(O)C(O)C3O)C(O)C2O)C(O)C1O)C(O)/C=C/CCCCCCCCCCCCCCC. The predicted molar refractivity (Wildman–Crippen MR) is 356 cm³/mol. The molecule has 0 spiro atoms. The molecule has 3 heterocycles. The second-order valence-corrected chi connectivity index (χ2v) is 26.4. The largest absolute Gasteiger partial charge is 0.394 e. The number of hydrogen-bond donors (Lipinski definition) is 12. The molecule has 0 bridgehead atoms. The molecule has 19 heteroatoms. The monoisotopic (exact) mass is 1300 g/mol. The van der Waals surface area contributed by atoms with E-state index in [4.69, 9.17) is 28.4 Å². The van der Waals surface area contributed by atoms with E-state index in [0.29, 0.717) is 6.42 Å². The summed E-state index contributed by atoms with van der Waals surface area (Å²) in [6, 6.07) is -0.971. The fourth-order valence-electron chi connectivity index (χ4n) is 12.5. The molecule has 0 aliphatic carbocycles. The molecule has 3 fully saturated rings. The topological polar surface area (TPSA) is 307 Å². The fraction of sp³-hybridized carbons (Fsp3) is 0.903. The lowest BCUT2D eigenvalue weighted by Gasteiger charge is -2.48. The molecule has 0 aromatic heterocycles. The Hall–Kier alpha value is -1.99. The summed E-state index contributed by atoms with van der Waals surface area (Å²) in [5.41, 5.74) is 0. The van der Waals surface area contributed by atoms with Gasteiger partial charge >= 0.3 is 0 Å². The Labute approximate surface area is 549 Å². The van der Waals surface area contributed by atoms with Crippen LogP contribution < -0.4 is 5.32 Å². The lowest BCUT2D eigenvalue weighted by molar-refractivity contribution is -0.379. The number of nitrogens with one attached hydrogen (secondary N) is 1. The molecule has 0 aromatic carbocycles. The van der Waals surface area contributed by atoms with E-state index in [-0.39, 0.29) is 18.9 Å². The summed E-state index contributed by atoms with van der Waals surface area (Å²) < 4.78 is 34.4.